The molecule has 1 aliphatic rings. The Bertz CT molecular complexity index is 490. The molecular formula is C11H15N5O2. The van der Waals surface area contributed by atoms with E-state index in [4.69, 9.17) is 16.1 Å². The zero-order valence-corrected chi connectivity index (χ0v) is 9.91. The van der Waals surface area contributed by atoms with E-state index in [2.05, 4.69) is 5.10 Å². The van der Waals surface area contributed by atoms with Gasteiger partial charge in [-0.05, 0) is 12.5 Å². The first kappa shape index (κ1) is 12.5. The molecule has 3 N–H and O–H groups in total. The van der Waals surface area contributed by atoms with Crippen molar-refractivity contribution < 1.29 is 9.90 Å². The smallest absolute Gasteiger partial charge is 0.228 e. The van der Waals surface area contributed by atoms with Crippen LogP contribution in [0.2, 0.25) is 0 Å². The van der Waals surface area contributed by atoms with E-state index in [1.807, 2.05) is 6.07 Å². The standard InChI is InChI=1S/C11H15N5O2/c12-4-8-3-10(18)15(7-8)11-9(5-13)6-14-16(11)1-2-17/h6,8,17H,1-4,7,12H2. The van der Waals surface area contributed by atoms with Crippen molar-refractivity contribution in [3.05, 3.63) is 11.8 Å². The highest BCUT2D eigenvalue weighted by molar-refractivity contribution is 5.96. The van der Waals surface area contributed by atoms with E-state index in [1.54, 1.807) is 4.90 Å². The number of nitrogens with two attached hydrogens (primary N) is 1. The van der Waals surface area contributed by atoms with E-state index in [-0.39, 0.29) is 25.0 Å². The van der Waals surface area contributed by atoms with Crippen molar-refractivity contribution in [2.45, 2.75) is 13.0 Å². The molecule has 0 aliphatic carbocycles. The van der Waals surface area contributed by atoms with Crippen molar-refractivity contribution in [3.63, 3.8) is 0 Å². The van der Waals surface area contributed by atoms with Crippen molar-refractivity contribution in [2.24, 2.45) is 11.7 Å². The monoisotopic (exact) mass is 249 g/mol. The minimum atomic E-state index is -0.0953. The number of aliphatic hydroxyl groups is 1. The molecule has 0 spiro atoms. The van der Waals surface area contributed by atoms with Crippen LogP contribution in [0.5, 0.6) is 0 Å². The van der Waals surface area contributed by atoms with Crippen LogP contribution < -0.4 is 10.6 Å². The van der Waals surface area contributed by atoms with E-state index >= 15 is 0 Å². The highest BCUT2D eigenvalue weighted by atomic mass is 16.3. The molecular weight excluding hydrogens is 234 g/mol. The maximum atomic E-state index is 11.9. The summed E-state index contributed by atoms with van der Waals surface area (Å²) in [7, 11) is 0. The van der Waals surface area contributed by atoms with Crippen molar-refractivity contribution in [3.8, 4) is 6.07 Å². The van der Waals surface area contributed by atoms with E-state index in [1.165, 1.54) is 10.9 Å². The van der Waals surface area contributed by atoms with Gasteiger partial charge >= 0.3 is 0 Å². The summed E-state index contributed by atoms with van der Waals surface area (Å²) in [6.45, 7) is 1.11. The summed E-state index contributed by atoms with van der Waals surface area (Å²) in [4.78, 5) is 13.5. The molecule has 1 aromatic heterocycles. The van der Waals surface area contributed by atoms with E-state index in [9.17, 15) is 4.79 Å². The highest BCUT2D eigenvalue weighted by Crippen LogP contribution is 2.27. The second-order valence-corrected chi connectivity index (χ2v) is 4.25. The van der Waals surface area contributed by atoms with Gasteiger partial charge in [0.2, 0.25) is 5.91 Å². The van der Waals surface area contributed by atoms with Gasteiger partial charge in [0, 0.05) is 13.0 Å². The first-order chi connectivity index (χ1) is 8.71. The minimum absolute atomic E-state index is 0.0540. The van der Waals surface area contributed by atoms with Crippen LogP contribution in [0.3, 0.4) is 0 Å². The Morgan fingerprint density at radius 2 is 2.44 bits per heavy atom. The van der Waals surface area contributed by atoms with Gasteiger partial charge in [0.25, 0.3) is 0 Å². The summed E-state index contributed by atoms with van der Waals surface area (Å²) in [6.07, 6.45) is 1.81. The molecule has 0 radical (unpaired) electrons. The molecule has 0 saturated carbocycles. The van der Waals surface area contributed by atoms with E-state index < -0.39 is 0 Å². The predicted molar refractivity (Wildman–Crippen MR) is 63.5 cm³/mol. The van der Waals surface area contributed by atoms with Crippen LogP contribution in [-0.2, 0) is 11.3 Å². The summed E-state index contributed by atoms with van der Waals surface area (Å²) in [5.41, 5.74) is 5.91. The Morgan fingerprint density at radius 3 is 3.00 bits per heavy atom. The van der Waals surface area contributed by atoms with Gasteiger partial charge in [-0.1, -0.05) is 0 Å². The molecule has 1 atom stereocenters. The zero-order chi connectivity index (χ0) is 13.1. The lowest BCUT2D eigenvalue weighted by Crippen LogP contribution is -2.29. The lowest BCUT2D eigenvalue weighted by molar-refractivity contribution is -0.117. The Morgan fingerprint density at radius 1 is 1.67 bits per heavy atom. The molecule has 1 fully saturated rings. The number of amides is 1. The van der Waals surface area contributed by atoms with Crippen LogP contribution in [0, 0.1) is 17.2 Å². The van der Waals surface area contributed by atoms with E-state index in [0.29, 0.717) is 30.9 Å². The maximum absolute atomic E-state index is 11.9. The Hall–Kier alpha value is -1.91. The van der Waals surface area contributed by atoms with Gasteiger partial charge in [0.05, 0.1) is 19.3 Å². The lowest BCUT2D eigenvalue weighted by atomic mass is 10.1. The normalized spacial score (nSPS) is 19.3. The molecule has 0 aromatic carbocycles. The van der Waals surface area contributed by atoms with Gasteiger partial charge in [-0.2, -0.15) is 10.4 Å². The molecule has 1 unspecified atom stereocenters. The number of carbonyl (C=O) groups is 1. The largest absolute Gasteiger partial charge is 0.394 e. The number of hydrogen-bond acceptors (Lipinski definition) is 5. The minimum Gasteiger partial charge on any atom is -0.394 e. The SMILES string of the molecule is N#Cc1cnn(CCO)c1N1CC(CN)CC1=O. The highest BCUT2D eigenvalue weighted by Gasteiger charge is 2.33. The predicted octanol–water partition coefficient (Wildman–Crippen LogP) is -0.941. The topological polar surface area (TPSA) is 108 Å². The van der Waals surface area contributed by atoms with Crippen molar-refractivity contribution in [1.29, 1.82) is 5.26 Å². The Balaban J connectivity index is 2.35. The molecule has 18 heavy (non-hydrogen) atoms. The third kappa shape index (κ3) is 2.08. The van der Waals surface area contributed by atoms with Gasteiger partial charge in [-0.25, -0.2) is 4.68 Å². The van der Waals surface area contributed by atoms with Gasteiger partial charge < -0.3 is 10.8 Å². The molecule has 0 bridgehead atoms. The third-order valence-corrected chi connectivity index (χ3v) is 3.04. The fraction of sp³-hybridized carbons (Fsp3) is 0.545. The van der Waals surface area contributed by atoms with Crippen LogP contribution in [-0.4, -0.2) is 40.5 Å². The zero-order valence-electron chi connectivity index (χ0n) is 9.91. The Labute approximate surface area is 104 Å². The number of nitrogens with zero attached hydrogens (tertiary/aromatic N) is 4. The van der Waals surface area contributed by atoms with Gasteiger partial charge in [-0.3, -0.25) is 9.69 Å². The van der Waals surface area contributed by atoms with Crippen molar-refractivity contribution in [1.82, 2.24) is 9.78 Å². The number of aliphatic hydroxyl groups excluding tert-OH is 1. The number of anilines is 1. The summed E-state index contributed by atoms with van der Waals surface area (Å²) in [6, 6.07) is 2.01. The fourth-order valence-electron chi connectivity index (χ4n) is 2.15. The molecule has 1 aromatic rings. The number of nitriles is 1. The quantitative estimate of drug-likeness (QED) is 0.715. The molecule has 1 saturated heterocycles. The number of carbonyl (C=O) groups excluding carboxylic acids is 1. The molecule has 7 nitrogen and oxygen atoms in total. The van der Waals surface area contributed by atoms with Crippen LogP contribution in [0.15, 0.2) is 6.20 Å². The maximum Gasteiger partial charge on any atom is 0.228 e. The molecule has 1 amide bonds. The molecule has 1 aliphatic heterocycles. The van der Waals surface area contributed by atoms with Gasteiger partial charge in [0.1, 0.15) is 11.6 Å². The first-order valence-corrected chi connectivity index (χ1v) is 5.78. The van der Waals surface area contributed by atoms with Crippen LogP contribution in [0.4, 0.5) is 5.82 Å². The third-order valence-electron chi connectivity index (χ3n) is 3.04. The first-order valence-electron chi connectivity index (χ1n) is 5.78. The molecule has 2 rings (SSSR count). The second kappa shape index (κ2) is 5.16. The average molecular weight is 249 g/mol. The molecule has 2 heterocycles. The van der Waals surface area contributed by atoms with Crippen LogP contribution in [0.25, 0.3) is 0 Å². The lowest BCUT2D eigenvalue weighted by Gasteiger charge is -2.18. The Kier molecular flexibility index (Phi) is 3.60. The van der Waals surface area contributed by atoms with E-state index in [0.717, 1.165) is 0 Å². The number of aromatic nitrogens is 2. The van der Waals surface area contributed by atoms with Crippen molar-refractivity contribution in [2.75, 3.05) is 24.6 Å². The molecule has 7 heteroatoms. The van der Waals surface area contributed by atoms with Gasteiger partial charge in [0.15, 0.2) is 5.82 Å². The molecule has 96 valence electrons. The van der Waals surface area contributed by atoms with Crippen molar-refractivity contribution >= 4 is 11.7 Å². The van der Waals surface area contributed by atoms with Gasteiger partial charge in [-0.15, -0.1) is 0 Å². The second-order valence-electron chi connectivity index (χ2n) is 4.25. The van der Waals surface area contributed by atoms with Crippen LogP contribution in [0.1, 0.15) is 12.0 Å². The summed E-state index contributed by atoms with van der Waals surface area (Å²) in [5.74, 6) is 0.524. The average Bonchev–Trinajstić information content (AvgIpc) is 2.92. The summed E-state index contributed by atoms with van der Waals surface area (Å²) in [5, 5.41) is 22.0. The van der Waals surface area contributed by atoms with Crippen LogP contribution >= 0.6 is 0 Å². The number of rotatable bonds is 4. The summed E-state index contributed by atoms with van der Waals surface area (Å²) >= 11 is 0. The fourth-order valence-corrected chi connectivity index (χ4v) is 2.15. The number of hydrogen-bond donors (Lipinski definition) is 2. The summed E-state index contributed by atoms with van der Waals surface area (Å²) < 4.78 is 1.48.